The maximum absolute atomic E-state index is 13.5. The van der Waals surface area contributed by atoms with Crippen LogP contribution in [0, 0.1) is 5.82 Å². The number of halogens is 1. The summed E-state index contributed by atoms with van der Waals surface area (Å²) >= 11 is 0. The van der Waals surface area contributed by atoms with Crippen LogP contribution in [0.15, 0.2) is 12.3 Å². The molecule has 1 fully saturated rings. The number of amides is 1. The summed E-state index contributed by atoms with van der Waals surface area (Å²) in [6.45, 7) is 1.60. The van der Waals surface area contributed by atoms with E-state index in [1.807, 2.05) is 5.01 Å². The molecule has 0 saturated carbocycles. The van der Waals surface area contributed by atoms with E-state index >= 15 is 0 Å². The van der Waals surface area contributed by atoms with E-state index in [1.54, 1.807) is 0 Å². The molecule has 1 aromatic rings. The minimum atomic E-state index is -0.762. The lowest BCUT2D eigenvalue weighted by molar-refractivity contribution is 0.0746. The molecule has 0 bridgehead atoms. The molecular weight excluding hydrogens is 223 g/mol. The van der Waals surface area contributed by atoms with Crippen molar-refractivity contribution in [2.24, 2.45) is 0 Å². The number of nitrogens with two attached hydrogens (primary N) is 1. The molecule has 6 heteroatoms. The van der Waals surface area contributed by atoms with Crippen LogP contribution in [0.5, 0.6) is 0 Å². The summed E-state index contributed by atoms with van der Waals surface area (Å²) in [4.78, 5) is 15.4. The van der Waals surface area contributed by atoms with E-state index in [4.69, 9.17) is 5.73 Å². The van der Waals surface area contributed by atoms with Gasteiger partial charge in [0.2, 0.25) is 0 Å². The topological polar surface area (TPSA) is 71.2 Å². The van der Waals surface area contributed by atoms with Gasteiger partial charge in [-0.25, -0.2) is 14.4 Å². The Morgan fingerprint density at radius 2 is 2.12 bits per heavy atom. The molecule has 1 aromatic heterocycles. The van der Waals surface area contributed by atoms with Crippen molar-refractivity contribution in [3.05, 3.63) is 23.6 Å². The second-order valence-corrected chi connectivity index (χ2v) is 4.05. The highest BCUT2D eigenvalue weighted by Gasteiger charge is 2.18. The standard InChI is InChI=1S/C11H15FN4O/c12-9-8(4-5-14-10(9)13)11(17)15-16-6-2-1-3-7-16/h4-5H,1-3,6-7H2,(H2,13,14)(H,15,17). The van der Waals surface area contributed by atoms with Crippen LogP contribution >= 0.6 is 0 Å². The largest absolute Gasteiger partial charge is 0.381 e. The zero-order chi connectivity index (χ0) is 12.3. The Hall–Kier alpha value is -1.69. The minimum Gasteiger partial charge on any atom is -0.381 e. The van der Waals surface area contributed by atoms with E-state index in [0.29, 0.717) is 0 Å². The summed E-state index contributed by atoms with van der Waals surface area (Å²) in [5, 5.41) is 1.81. The van der Waals surface area contributed by atoms with Gasteiger partial charge in [0.25, 0.3) is 5.91 Å². The summed E-state index contributed by atoms with van der Waals surface area (Å²) < 4.78 is 13.5. The van der Waals surface area contributed by atoms with Gasteiger partial charge in [-0.3, -0.25) is 10.2 Å². The molecule has 0 unspecified atom stereocenters. The first-order valence-corrected chi connectivity index (χ1v) is 5.64. The summed E-state index contributed by atoms with van der Waals surface area (Å²) in [5.74, 6) is -1.49. The lowest BCUT2D eigenvalue weighted by Crippen LogP contribution is -2.45. The Balaban J connectivity index is 2.06. The third kappa shape index (κ3) is 2.71. The number of hydrogen-bond donors (Lipinski definition) is 2. The van der Waals surface area contributed by atoms with Crippen LogP contribution in [0.25, 0.3) is 0 Å². The van der Waals surface area contributed by atoms with Crippen LogP contribution in [0.2, 0.25) is 0 Å². The predicted octanol–water partition coefficient (Wildman–Crippen LogP) is 0.934. The lowest BCUT2D eigenvalue weighted by atomic mass is 10.2. The Morgan fingerprint density at radius 3 is 2.82 bits per heavy atom. The van der Waals surface area contributed by atoms with Gasteiger partial charge < -0.3 is 5.73 Å². The normalized spacial score (nSPS) is 16.8. The van der Waals surface area contributed by atoms with Crippen molar-refractivity contribution in [2.45, 2.75) is 19.3 Å². The zero-order valence-corrected chi connectivity index (χ0v) is 9.45. The van der Waals surface area contributed by atoms with Crippen LogP contribution in [0.1, 0.15) is 29.6 Å². The van der Waals surface area contributed by atoms with E-state index in [-0.39, 0.29) is 11.4 Å². The lowest BCUT2D eigenvalue weighted by Gasteiger charge is -2.26. The number of hydrogen-bond acceptors (Lipinski definition) is 4. The molecule has 2 rings (SSSR count). The zero-order valence-electron chi connectivity index (χ0n) is 9.45. The fraction of sp³-hybridized carbons (Fsp3) is 0.455. The second-order valence-electron chi connectivity index (χ2n) is 4.05. The predicted molar refractivity (Wildman–Crippen MR) is 61.5 cm³/mol. The van der Waals surface area contributed by atoms with Gasteiger partial charge in [0.1, 0.15) is 0 Å². The van der Waals surface area contributed by atoms with E-state index < -0.39 is 11.7 Å². The number of piperidine rings is 1. The Bertz CT molecular complexity index is 418. The molecule has 1 amide bonds. The third-order valence-corrected chi connectivity index (χ3v) is 2.78. The Morgan fingerprint density at radius 1 is 1.41 bits per heavy atom. The molecule has 0 spiro atoms. The van der Waals surface area contributed by atoms with Crippen molar-refractivity contribution in [3.63, 3.8) is 0 Å². The van der Waals surface area contributed by atoms with E-state index in [1.165, 1.54) is 18.7 Å². The molecule has 0 radical (unpaired) electrons. The first-order valence-electron chi connectivity index (χ1n) is 5.64. The fourth-order valence-corrected chi connectivity index (χ4v) is 1.84. The number of carbonyl (C=O) groups is 1. The van der Waals surface area contributed by atoms with Crippen molar-refractivity contribution in [3.8, 4) is 0 Å². The molecular formula is C11H15FN4O. The molecule has 5 nitrogen and oxygen atoms in total. The maximum Gasteiger partial charge on any atom is 0.268 e. The van der Waals surface area contributed by atoms with Crippen LogP contribution in [-0.2, 0) is 0 Å². The number of hydrazine groups is 1. The molecule has 1 aliphatic rings. The molecule has 0 atom stereocenters. The van der Waals surface area contributed by atoms with Crippen LogP contribution in [0.4, 0.5) is 10.2 Å². The van der Waals surface area contributed by atoms with Crippen LogP contribution in [0.3, 0.4) is 0 Å². The van der Waals surface area contributed by atoms with Crippen LogP contribution in [-0.4, -0.2) is 29.0 Å². The number of pyridine rings is 1. The van der Waals surface area contributed by atoms with E-state index in [2.05, 4.69) is 10.4 Å². The maximum atomic E-state index is 13.5. The highest BCUT2D eigenvalue weighted by Crippen LogP contribution is 2.12. The highest BCUT2D eigenvalue weighted by molar-refractivity contribution is 5.94. The van der Waals surface area contributed by atoms with Gasteiger partial charge >= 0.3 is 0 Å². The number of nitrogen functional groups attached to an aromatic ring is 1. The summed E-state index contributed by atoms with van der Waals surface area (Å²) in [6.07, 6.45) is 4.58. The van der Waals surface area contributed by atoms with Gasteiger partial charge in [0.05, 0.1) is 5.56 Å². The SMILES string of the molecule is Nc1nccc(C(=O)NN2CCCCC2)c1F. The second kappa shape index (κ2) is 5.09. The first-order chi connectivity index (χ1) is 8.18. The average molecular weight is 238 g/mol. The molecule has 0 aromatic carbocycles. The fourth-order valence-electron chi connectivity index (χ4n) is 1.84. The Kier molecular flexibility index (Phi) is 3.53. The van der Waals surface area contributed by atoms with Gasteiger partial charge in [0.15, 0.2) is 11.6 Å². The molecule has 17 heavy (non-hydrogen) atoms. The van der Waals surface area contributed by atoms with Crippen molar-refractivity contribution in [1.82, 2.24) is 15.4 Å². The van der Waals surface area contributed by atoms with Gasteiger partial charge in [-0.2, -0.15) is 0 Å². The monoisotopic (exact) mass is 238 g/mol. The van der Waals surface area contributed by atoms with Gasteiger partial charge in [-0.05, 0) is 18.9 Å². The summed E-state index contributed by atoms with van der Waals surface area (Å²) in [7, 11) is 0. The first kappa shape index (κ1) is 11.8. The number of nitrogens with zero attached hydrogens (tertiary/aromatic N) is 2. The molecule has 3 N–H and O–H groups in total. The average Bonchev–Trinajstić information content (AvgIpc) is 2.34. The number of aromatic nitrogens is 1. The van der Waals surface area contributed by atoms with Crippen LogP contribution < -0.4 is 11.2 Å². The Labute approximate surface area is 98.8 Å². The van der Waals surface area contributed by atoms with Crippen molar-refractivity contribution >= 4 is 11.7 Å². The van der Waals surface area contributed by atoms with Gasteiger partial charge in [-0.1, -0.05) is 6.42 Å². The van der Waals surface area contributed by atoms with Gasteiger partial charge in [0, 0.05) is 19.3 Å². The number of carbonyl (C=O) groups excluding carboxylic acids is 1. The number of rotatable bonds is 2. The van der Waals surface area contributed by atoms with E-state index in [9.17, 15) is 9.18 Å². The summed E-state index contributed by atoms with van der Waals surface area (Å²) in [5.41, 5.74) is 7.92. The van der Waals surface area contributed by atoms with E-state index in [0.717, 1.165) is 25.9 Å². The van der Waals surface area contributed by atoms with Crippen molar-refractivity contribution in [1.29, 1.82) is 0 Å². The number of anilines is 1. The third-order valence-electron chi connectivity index (χ3n) is 2.78. The van der Waals surface area contributed by atoms with Crippen molar-refractivity contribution < 1.29 is 9.18 Å². The minimum absolute atomic E-state index is 0.0666. The smallest absolute Gasteiger partial charge is 0.268 e. The highest BCUT2D eigenvalue weighted by atomic mass is 19.1. The molecule has 1 aliphatic heterocycles. The molecule has 92 valence electrons. The quantitative estimate of drug-likeness (QED) is 0.804. The molecule has 0 aliphatic carbocycles. The molecule has 1 saturated heterocycles. The molecule has 2 heterocycles. The number of nitrogens with one attached hydrogen (secondary N) is 1. The summed E-state index contributed by atoms with van der Waals surface area (Å²) in [6, 6.07) is 1.32. The van der Waals surface area contributed by atoms with Crippen molar-refractivity contribution in [2.75, 3.05) is 18.8 Å². The van der Waals surface area contributed by atoms with Gasteiger partial charge in [-0.15, -0.1) is 0 Å².